The molecule has 0 atom stereocenters. The van der Waals surface area contributed by atoms with Gasteiger partial charge in [0.1, 0.15) is 5.82 Å². The molecule has 84 valence electrons. The Labute approximate surface area is 91.9 Å². The number of hydrogen-bond acceptors (Lipinski definition) is 3. The van der Waals surface area contributed by atoms with Gasteiger partial charge in [-0.05, 0) is 18.8 Å². The zero-order valence-electron chi connectivity index (χ0n) is 9.86. The maximum absolute atomic E-state index is 5.52. The molecule has 0 aromatic carbocycles. The van der Waals surface area contributed by atoms with Crippen LogP contribution in [0.3, 0.4) is 0 Å². The van der Waals surface area contributed by atoms with Gasteiger partial charge in [0.25, 0.3) is 0 Å². The van der Waals surface area contributed by atoms with Crippen molar-refractivity contribution in [1.82, 2.24) is 9.97 Å². The molecule has 0 N–H and O–H groups in total. The summed E-state index contributed by atoms with van der Waals surface area (Å²) in [5.74, 6) is 2.35. The first kappa shape index (κ1) is 12.0. The van der Waals surface area contributed by atoms with Gasteiger partial charge in [-0.2, -0.15) is 4.98 Å². The van der Waals surface area contributed by atoms with E-state index in [1.54, 1.807) is 6.20 Å². The van der Waals surface area contributed by atoms with E-state index in [0.717, 1.165) is 30.7 Å². The van der Waals surface area contributed by atoms with Crippen molar-refractivity contribution in [3.8, 4) is 5.88 Å². The van der Waals surface area contributed by atoms with Crippen LogP contribution < -0.4 is 4.74 Å². The summed E-state index contributed by atoms with van der Waals surface area (Å²) in [4.78, 5) is 8.37. The van der Waals surface area contributed by atoms with Crippen LogP contribution in [0.15, 0.2) is 12.3 Å². The lowest BCUT2D eigenvalue weighted by Crippen LogP contribution is -2.02. The minimum Gasteiger partial charge on any atom is -0.477 e. The molecule has 1 aliphatic rings. The van der Waals surface area contributed by atoms with Gasteiger partial charge in [-0.1, -0.05) is 20.8 Å². The van der Waals surface area contributed by atoms with Crippen molar-refractivity contribution < 1.29 is 4.74 Å². The Morgan fingerprint density at radius 2 is 2.13 bits per heavy atom. The van der Waals surface area contributed by atoms with Crippen molar-refractivity contribution >= 4 is 0 Å². The third kappa shape index (κ3) is 4.28. The topological polar surface area (TPSA) is 35.0 Å². The van der Waals surface area contributed by atoms with Gasteiger partial charge in [-0.3, -0.25) is 0 Å². The van der Waals surface area contributed by atoms with Crippen molar-refractivity contribution in [1.29, 1.82) is 0 Å². The quantitative estimate of drug-likeness (QED) is 0.763. The van der Waals surface area contributed by atoms with Crippen molar-refractivity contribution in [2.45, 2.75) is 40.0 Å². The van der Waals surface area contributed by atoms with E-state index in [0.29, 0.717) is 0 Å². The molecular formula is C12H20N2O. The lowest BCUT2D eigenvalue weighted by Gasteiger charge is -2.03. The molecule has 0 amide bonds. The van der Waals surface area contributed by atoms with Crippen LogP contribution in [0, 0.1) is 5.92 Å². The van der Waals surface area contributed by atoms with Gasteiger partial charge in [-0.25, -0.2) is 4.98 Å². The number of aryl methyl sites for hydroxylation is 1. The van der Waals surface area contributed by atoms with Crippen LogP contribution in [0.5, 0.6) is 5.88 Å². The maximum Gasteiger partial charge on any atom is 0.216 e. The standard InChI is InChI=1S/C10H14N2O.C2H6/c1-2-9-11-6-5-10(12-9)13-7-8-3-4-8;1-2/h5-6,8H,2-4,7H2,1H3;1-2H3. The predicted octanol–water partition coefficient (Wildman–Crippen LogP) is 2.85. The van der Waals surface area contributed by atoms with Gasteiger partial charge in [0.15, 0.2) is 0 Å². The summed E-state index contributed by atoms with van der Waals surface area (Å²) >= 11 is 0. The van der Waals surface area contributed by atoms with Crippen LogP contribution in [0.2, 0.25) is 0 Å². The minimum absolute atomic E-state index is 0.721. The number of hydrogen-bond donors (Lipinski definition) is 0. The molecule has 15 heavy (non-hydrogen) atoms. The molecule has 1 aromatic heterocycles. The molecule has 2 rings (SSSR count). The Hall–Kier alpha value is -1.12. The van der Waals surface area contributed by atoms with E-state index in [1.165, 1.54) is 12.8 Å². The van der Waals surface area contributed by atoms with Crippen molar-refractivity contribution in [3.05, 3.63) is 18.1 Å². The molecule has 0 aliphatic heterocycles. The first-order chi connectivity index (χ1) is 7.38. The highest BCUT2D eigenvalue weighted by Crippen LogP contribution is 2.29. The molecule has 1 fully saturated rings. The van der Waals surface area contributed by atoms with Gasteiger partial charge >= 0.3 is 0 Å². The SMILES string of the molecule is CC.CCc1nccc(OCC2CC2)n1. The zero-order valence-corrected chi connectivity index (χ0v) is 9.86. The lowest BCUT2D eigenvalue weighted by molar-refractivity contribution is 0.287. The van der Waals surface area contributed by atoms with Crippen LogP contribution in [0.25, 0.3) is 0 Å². The van der Waals surface area contributed by atoms with E-state index in [2.05, 4.69) is 9.97 Å². The monoisotopic (exact) mass is 208 g/mol. The Bertz CT molecular complexity index is 285. The fraction of sp³-hybridized carbons (Fsp3) is 0.667. The summed E-state index contributed by atoms with van der Waals surface area (Å²) in [6.07, 6.45) is 5.24. The van der Waals surface area contributed by atoms with E-state index in [9.17, 15) is 0 Å². The zero-order chi connectivity index (χ0) is 11.1. The first-order valence-electron chi connectivity index (χ1n) is 5.83. The number of nitrogens with zero attached hydrogens (tertiary/aromatic N) is 2. The largest absolute Gasteiger partial charge is 0.477 e. The van der Waals surface area contributed by atoms with Crippen LogP contribution in [-0.4, -0.2) is 16.6 Å². The van der Waals surface area contributed by atoms with Crippen molar-refractivity contribution in [3.63, 3.8) is 0 Å². The Balaban J connectivity index is 0.000000531. The second-order valence-corrected chi connectivity index (χ2v) is 3.42. The summed E-state index contributed by atoms with van der Waals surface area (Å²) in [5, 5.41) is 0. The van der Waals surface area contributed by atoms with Crippen LogP contribution in [-0.2, 0) is 6.42 Å². The molecule has 0 saturated heterocycles. The first-order valence-corrected chi connectivity index (χ1v) is 5.83. The molecule has 3 nitrogen and oxygen atoms in total. The fourth-order valence-corrected chi connectivity index (χ4v) is 1.12. The molecule has 0 unspecified atom stereocenters. The average Bonchev–Trinajstić information content (AvgIpc) is 3.13. The highest BCUT2D eigenvalue weighted by atomic mass is 16.5. The molecule has 0 bridgehead atoms. The third-order valence-electron chi connectivity index (χ3n) is 2.16. The smallest absolute Gasteiger partial charge is 0.216 e. The lowest BCUT2D eigenvalue weighted by atomic mass is 10.4. The summed E-state index contributed by atoms with van der Waals surface area (Å²) in [6, 6.07) is 1.82. The summed E-state index contributed by atoms with van der Waals surface area (Å²) in [5.41, 5.74) is 0. The number of rotatable bonds is 4. The molecular weight excluding hydrogens is 188 g/mol. The van der Waals surface area contributed by atoms with E-state index >= 15 is 0 Å². The molecule has 3 heteroatoms. The second-order valence-electron chi connectivity index (χ2n) is 3.42. The summed E-state index contributed by atoms with van der Waals surface area (Å²) < 4.78 is 5.52. The molecule has 0 spiro atoms. The predicted molar refractivity (Wildman–Crippen MR) is 61.0 cm³/mol. The van der Waals surface area contributed by atoms with E-state index < -0.39 is 0 Å². The molecule has 1 heterocycles. The van der Waals surface area contributed by atoms with Gasteiger partial charge in [0, 0.05) is 18.7 Å². The number of ether oxygens (including phenoxy) is 1. The molecule has 1 saturated carbocycles. The average molecular weight is 208 g/mol. The maximum atomic E-state index is 5.52. The van der Waals surface area contributed by atoms with Crippen LogP contribution in [0.1, 0.15) is 39.4 Å². The van der Waals surface area contributed by atoms with E-state index in [1.807, 2.05) is 26.8 Å². The Kier molecular flexibility index (Phi) is 5.08. The van der Waals surface area contributed by atoms with Gasteiger partial charge in [0.05, 0.1) is 6.61 Å². The summed E-state index contributed by atoms with van der Waals surface area (Å²) in [6.45, 7) is 6.86. The fourth-order valence-electron chi connectivity index (χ4n) is 1.12. The van der Waals surface area contributed by atoms with Crippen LogP contribution >= 0.6 is 0 Å². The van der Waals surface area contributed by atoms with E-state index in [-0.39, 0.29) is 0 Å². The number of aromatic nitrogens is 2. The molecule has 0 radical (unpaired) electrons. The molecule has 1 aliphatic carbocycles. The second kappa shape index (κ2) is 6.38. The highest BCUT2D eigenvalue weighted by Gasteiger charge is 2.22. The minimum atomic E-state index is 0.721. The van der Waals surface area contributed by atoms with Gasteiger partial charge in [0.2, 0.25) is 5.88 Å². The van der Waals surface area contributed by atoms with Gasteiger partial charge in [-0.15, -0.1) is 0 Å². The van der Waals surface area contributed by atoms with Gasteiger partial charge < -0.3 is 4.74 Å². The van der Waals surface area contributed by atoms with E-state index in [4.69, 9.17) is 4.74 Å². The summed E-state index contributed by atoms with van der Waals surface area (Å²) in [7, 11) is 0. The normalized spacial score (nSPS) is 14.1. The van der Waals surface area contributed by atoms with Crippen molar-refractivity contribution in [2.75, 3.05) is 6.61 Å². The van der Waals surface area contributed by atoms with Crippen molar-refractivity contribution in [2.24, 2.45) is 5.92 Å². The van der Waals surface area contributed by atoms with Crippen LogP contribution in [0.4, 0.5) is 0 Å². The Morgan fingerprint density at radius 3 is 2.73 bits per heavy atom. The molecule has 1 aromatic rings. The Morgan fingerprint density at radius 1 is 1.40 bits per heavy atom. The highest BCUT2D eigenvalue weighted by molar-refractivity contribution is 5.08. The third-order valence-corrected chi connectivity index (χ3v) is 2.16.